The number of hydrogen-bond acceptors (Lipinski definition) is 7. The first kappa shape index (κ1) is 20.5. The summed E-state index contributed by atoms with van der Waals surface area (Å²) in [5.41, 5.74) is 7.89. The number of aromatic nitrogens is 4. The summed E-state index contributed by atoms with van der Waals surface area (Å²) >= 11 is 1.40. The van der Waals surface area contributed by atoms with Crippen LogP contribution in [-0.2, 0) is 13.1 Å². The minimum absolute atomic E-state index is 0.189. The van der Waals surface area contributed by atoms with Crippen LogP contribution >= 0.6 is 11.3 Å². The molecule has 0 radical (unpaired) electrons. The molecule has 2 amide bonds. The highest BCUT2D eigenvalue weighted by Crippen LogP contribution is 2.24. The average Bonchev–Trinajstić information content (AvgIpc) is 3.43. The predicted octanol–water partition coefficient (Wildman–Crippen LogP) is 2.22. The summed E-state index contributed by atoms with van der Waals surface area (Å²) < 4.78 is 2.91. The fourth-order valence-electron chi connectivity index (χ4n) is 3.03. The first-order valence-corrected chi connectivity index (χ1v) is 10.5. The van der Waals surface area contributed by atoms with Crippen molar-refractivity contribution in [1.29, 1.82) is 0 Å². The summed E-state index contributed by atoms with van der Waals surface area (Å²) in [6.45, 7) is 1.59. The predicted molar refractivity (Wildman–Crippen MR) is 119 cm³/mol. The molecule has 4 N–H and O–H groups in total. The van der Waals surface area contributed by atoms with Crippen LogP contribution in [0.15, 0.2) is 55.1 Å². The van der Waals surface area contributed by atoms with E-state index in [2.05, 4.69) is 25.6 Å². The van der Waals surface area contributed by atoms with Gasteiger partial charge in [0.25, 0.3) is 11.8 Å². The van der Waals surface area contributed by atoms with Gasteiger partial charge in [-0.15, -0.1) is 0 Å². The van der Waals surface area contributed by atoms with Gasteiger partial charge in [0.15, 0.2) is 5.13 Å². The van der Waals surface area contributed by atoms with Crippen LogP contribution in [0.4, 0.5) is 5.13 Å². The Balaban J connectivity index is 1.30. The second kappa shape index (κ2) is 9.35. The molecule has 0 saturated heterocycles. The molecule has 9 nitrogen and oxygen atoms in total. The van der Waals surface area contributed by atoms with Crippen LogP contribution in [0.2, 0.25) is 0 Å². The molecule has 3 heterocycles. The molecule has 0 atom stereocenters. The number of nitrogen functional groups attached to an aromatic ring is 1. The third kappa shape index (κ3) is 5.23. The van der Waals surface area contributed by atoms with Gasteiger partial charge in [-0.25, -0.2) is 15.0 Å². The third-order valence-electron chi connectivity index (χ3n) is 4.57. The number of imidazole rings is 1. The lowest BCUT2D eigenvalue weighted by Gasteiger charge is -2.08. The number of hydrogen-bond donors (Lipinski definition) is 3. The number of nitrogens with two attached hydrogens (primary N) is 1. The molecule has 1 aromatic carbocycles. The van der Waals surface area contributed by atoms with Gasteiger partial charge < -0.3 is 20.9 Å². The summed E-state index contributed by atoms with van der Waals surface area (Å²) in [5.74, 6) is -0.660. The maximum atomic E-state index is 12.5. The lowest BCUT2D eigenvalue weighted by atomic mass is 10.2. The molecule has 158 valence electrons. The van der Waals surface area contributed by atoms with E-state index in [1.165, 1.54) is 11.3 Å². The highest BCUT2D eigenvalue weighted by atomic mass is 32.1. The molecule has 4 aromatic rings. The van der Waals surface area contributed by atoms with E-state index in [1.807, 2.05) is 29.0 Å². The van der Waals surface area contributed by atoms with Crippen LogP contribution in [0.1, 0.15) is 33.0 Å². The minimum atomic E-state index is -0.348. The van der Waals surface area contributed by atoms with Crippen molar-refractivity contribution in [1.82, 2.24) is 30.2 Å². The third-order valence-corrected chi connectivity index (χ3v) is 5.42. The van der Waals surface area contributed by atoms with Gasteiger partial charge in [-0.2, -0.15) is 0 Å². The van der Waals surface area contributed by atoms with Crippen LogP contribution in [0.25, 0.3) is 10.2 Å². The molecule has 0 aliphatic carbocycles. The topological polar surface area (TPSA) is 128 Å². The Hall–Kier alpha value is -3.79. The Morgan fingerprint density at radius 3 is 2.65 bits per heavy atom. The second-order valence-electron chi connectivity index (χ2n) is 6.85. The smallest absolute Gasteiger partial charge is 0.270 e. The Kier molecular flexibility index (Phi) is 6.18. The largest absolute Gasteiger partial charge is 0.375 e. The van der Waals surface area contributed by atoms with E-state index in [0.717, 1.165) is 28.7 Å². The number of benzene rings is 1. The Labute approximate surface area is 182 Å². The van der Waals surface area contributed by atoms with Gasteiger partial charge in [-0.05, 0) is 36.2 Å². The molecule has 10 heteroatoms. The van der Waals surface area contributed by atoms with E-state index in [1.54, 1.807) is 30.7 Å². The molecule has 0 aliphatic rings. The summed E-state index contributed by atoms with van der Waals surface area (Å²) in [6.07, 6.45) is 6.08. The van der Waals surface area contributed by atoms with E-state index in [0.29, 0.717) is 18.2 Å². The second-order valence-corrected chi connectivity index (χ2v) is 7.92. The molecule has 0 spiro atoms. The Morgan fingerprint density at radius 2 is 1.87 bits per heavy atom. The number of thiazole rings is 1. The van der Waals surface area contributed by atoms with Gasteiger partial charge in [0.05, 0.1) is 16.5 Å². The van der Waals surface area contributed by atoms with Gasteiger partial charge >= 0.3 is 0 Å². The summed E-state index contributed by atoms with van der Waals surface area (Å²) in [4.78, 5) is 37.3. The first-order valence-electron chi connectivity index (χ1n) is 9.72. The molecule has 0 aliphatic heterocycles. The SMILES string of the molecule is Nc1nc2ccc(CNC(=O)c3cccc(C(=O)NCCCn4ccnc4)n3)cc2s1. The van der Waals surface area contributed by atoms with E-state index >= 15 is 0 Å². The van der Waals surface area contributed by atoms with Crippen molar-refractivity contribution in [2.45, 2.75) is 19.5 Å². The summed E-state index contributed by atoms with van der Waals surface area (Å²) in [5, 5.41) is 6.17. The van der Waals surface area contributed by atoms with E-state index in [9.17, 15) is 9.59 Å². The fourth-order valence-corrected chi connectivity index (χ4v) is 3.83. The van der Waals surface area contributed by atoms with Crippen molar-refractivity contribution in [3.8, 4) is 0 Å². The van der Waals surface area contributed by atoms with Crippen LogP contribution in [0.5, 0.6) is 0 Å². The highest BCUT2D eigenvalue weighted by Gasteiger charge is 2.12. The molecule has 0 fully saturated rings. The molecule has 0 bridgehead atoms. The number of carbonyl (C=O) groups excluding carboxylic acids is 2. The first-order chi connectivity index (χ1) is 15.1. The van der Waals surface area contributed by atoms with E-state index in [4.69, 9.17) is 5.73 Å². The molecule has 3 aromatic heterocycles. The van der Waals surface area contributed by atoms with Crippen LogP contribution in [-0.4, -0.2) is 37.9 Å². The Bertz CT molecular complexity index is 1200. The van der Waals surface area contributed by atoms with Gasteiger partial charge in [0, 0.05) is 32.0 Å². The van der Waals surface area contributed by atoms with Crippen molar-refractivity contribution in [2.75, 3.05) is 12.3 Å². The summed E-state index contributed by atoms with van der Waals surface area (Å²) in [7, 11) is 0. The number of carbonyl (C=O) groups is 2. The maximum absolute atomic E-state index is 12.5. The van der Waals surface area contributed by atoms with Gasteiger partial charge in [-0.1, -0.05) is 23.5 Å². The monoisotopic (exact) mass is 435 g/mol. The zero-order valence-electron chi connectivity index (χ0n) is 16.6. The zero-order chi connectivity index (χ0) is 21.6. The average molecular weight is 436 g/mol. The van der Waals surface area contributed by atoms with E-state index in [-0.39, 0.29) is 23.2 Å². The molecule has 0 unspecified atom stereocenters. The van der Waals surface area contributed by atoms with E-state index < -0.39 is 0 Å². The number of nitrogens with zero attached hydrogens (tertiary/aromatic N) is 4. The molecule has 0 saturated carbocycles. The molecule has 31 heavy (non-hydrogen) atoms. The lowest BCUT2D eigenvalue weighted by molar-refractivity contribution is 0.0942. The standard InChI is InChI=1S/C21H21N7O2S/c22-21-27-15-6-5-14(11-18(15)31-21)12-25-20(30)17-4-1-3-16(26-17)19(29)24-7-2-9-28-10-8-23-13-28/h1,3-6,8,10-11,13H,2,7,9,12H2,(H2,22,27)(H,24,29)(H,25,30). The number of amides is 2. The molecule has 4 rings (SSSR count). The highest BCUT2D eigenvalue weighted by molar-refractivity contribution is 7.22. The number of fused-ring (bicyclic) bond motifs is 1. The van der Waals surface area contributed by atoms with Crippen molar-refractivity contribution in [2.24, 2.45) is 0 Å². The van der Waals surface area contributed by atoms with Crippen molar-refractivity contribution < 1.29 is 9.59 Å². The van der Waals surface area contributed by atoms with Crippen LogP contribution in [0.3, 0.4) is 0 Å². The van der Waals surface area contributed by atoms with Crippen LogP contribution < -0.4 is 16.4 Å². The number of anilines is 1. The summed E-state index contributed by atoms with van der Waals surface area (Å²) in [6, 6.07) is 10.5. The number of pyridine rings is 1. The zero-order valence-corrected chi connectivity index (χ0v) is 17.4. The Morgan fingerprint density at radius 1 is 1.06 bits per heavy atom. The minimum Gasteiger partial charge on any atom is -0.375 e. The lowest BCUT2D eigenvalue weighted by Crippen LogP contribution is -2.28. The van der Waals surface area contributed by atoms with Gasteiger partial charge in [-0.3, -0.25) is 9.59 Å². The maximum Gasteiger partial charge on any atom is 0.270 e. The van der Waals surface area contributed by atoms with Crippen molar-refractivity contribution in [3.05, 3.63) is 72.1 Å². The van der Waals surface area contributed by atoms with Crippen LogP contribution in [0, 0.1) is 0 Å². The number of nitrogens with one attached hydrogen (secondary N) is 2. The normalized spacial score (nSPS) is 10.8. The van der Waals surface area contributed by atoms with Crippen molar-refractivity contribution in [3.63, 3.8) is 0 Å². The molecular weight excluding hydrogens is 414 g/mol. The quantitative estimate of drug-likeness (QED) is 0.364. The fraction of sp³-hybridized carbons (Fsp3) is 0.190. The molecular formula is C21H21N7O2S. The van der Waals surface area contributed by atoms with Gasteiger partial charge in [0.2, 0.25) is 0 Å². The van der Waals surface area contributed by atoms with Crippen molar-refractivity contribution >= 4 is 38.5 Å². The number of rotatable bonds is 8. The van der Waals surface area contributed by atoms with Gasteiger partial charge in [0.1, 0.15) is 11.4 Å². The number of aryl methyl sites for hydroxylation is 1.